The molecule has 140 valence electrons. The molecule has 1 amide bonds. The molecule has 1 saturated heterocycles. The number of aromatic nitrogens is 1. The average Bonchev–Trinajstić information content (AvgIpc) is 3.02. The van der Waals surface area contributed by atoms with E-state index in [9.17, 15) is 13.2 Å². The van der Waals surface area contributed by atoms with E-state index >= 15 is 0 Å². The van der Waals surface area contributed by atoms with E-state index in [0.29, 0.717) is 30.4 Å². The number of carbonyl (C=O) groups is 1. The molecule has 0 spiro atoms. The van der Waals surface area contributed by atoms with Crippen LogP contribution < -0.4 is 0 Å². The van der Waals surface area contributed by atoms with Crippen LogP contribution in [0.1, 0.15) is 17.4 Å². The number of nitrogens with zero attached hydrogens (tertiary/aromatic N) is 3. The van der Waals surface area contributed by atoms with Crippen LogP contribution in [0.15, 0.2) is 45.9 Å². The summed E-state index contributed by atoms with van der Waals surface area (Å²) in [6.07, 6.45) is 1.87. The Labute approximate surface area is 166 Å². The van der Waals surface area contributed by atoms with Gasteiger partial charge in [0.2, 0.25) is 10.0 Å². The number of hydrogen-bond donors (Lipinski definition) is 0. The normalized spacial score (nSPS) is 16.0. The average molecular weight is 461 g/mol. The van der Waals surface area contributed by atoms with Crippen LogP contribution in [0, 0.1) is 0 Å². The smallest absolute Gasteiger partial charge is 0.270 e. The molecule has 2 aromatic rings. The molecular weight excluding hydrogens is 442 g/mol. The molecule has 3 rings (SSSR count). The Morgan fingerprint density at radius 2 is 1.88 bits per heavy atom. The van der Waals surface area contributed by atoms with Crippen LogP contribution in [-0.4, -0.2) is 54.3 Å². The van der Waals surface area contributed by atoms with Gasteiger partial charge in [0.05, 0.1) is 4.90 Å². The lowest BCUT2D eigenvalue weighted by Crippen LogP contribution is -2.50. The Morgan fingerprint density at radius 1 is 1.19 bits per heavy atom. The van der Waals surface area contributed by atoms with Crippen LogP contribution in [0.25, 0.3) is 0 Å². The molecule has 1 aromatic carbocycles. The van der Waals surface area contributed by atoms with Gasteiger partial charge in [-0.1, -0.05) is 17.7 Å². The molecule has 1 aliphatic rings. The molecule has 26 heavy (non-hydrogen) atoms. The second kappa shape index (κ2) is 7.72. The maximum Gasteiger partial charge on any atom is 0.270 e. The first-order valence-corrected chi connectivity index (χ1v) is 10.8. The molecule has 2 heterocycles. The van der Waals surface area contributed by atoms with Crippen LogP contribution in [0.5, 0.6) is 0 Å². The molecule has 0 N–H and O–H groups in total. The van der Waals surface area contributed by atoms with E-state index in [1.807, 2.05) is 17.7 Å². The van der Waals surface area contributed by atoms with Gasteiger partial charge in [0.1, 0.15) is 5.69 Å². The highest BCUT2D eigenvalue weighted by molar-refractivity contribution is 9.10. The fourth-order valence-corrected chi connectivity index (χ4v) is 5.17. The van der Waals surface area contributed by atoms with Crippen molar-refractivity contribution in [2.75, 3.05) is 26.2 Å². The third-order valence-electron chi connectivity index (χ3n) is 4.38. The second-order valence-corrected chi connectivity index (χ2v) is 9.27. The number of benzene rings is 1. The van der Waals surface area contributed by atoms with Gasteiger partial charge < -0.3 is 9.47 Å². The second-order valence-electron chi connectivity index (χ2n) is 5.98. The third-order valence-corrected chi connectivity index (χ3v) is 6.95. The van der Waals surface area contributed by atoms with Crippen molar-refractivity contribution >= 4 is 43.5 Å². The van der Waals surface area contributed by atoms with Crippen LogP contribution in [0.4, 0.5) is 0 Å². The highest BCUT2D eigenvalue weighted by Crippen LogP contribution is 2.22. The molecule has 0 radical (unpaired) electrons. The molecule has 1 aliphatic heterocycles. The van der Waals surface area contributed by atoms with Gasteiger partial charge in [0.25, 0.3) is 5.91 Å². The maximum atomic E-state index is 12.8. The number of halogens is 2. The molecular formula is C17H19BrClN3O3S. The lowest BCUT2D eigenvalue weighted by molar-refractivity contribution is 0.0687. The Balaban J connectivity index is 1.72. The third kappa shape index (κ3) is 3.83. The number of carbonyl (C=O) groups excluding carboxylic acids is 1. The van der Waals surface area contributed by atoms with Crippen LogP contribution in [-0.2, 0) is 16.6 Å². The summed E-state index contributed by atoms with van der Waals surface area (Å²) in [7, 11) is -3.61. The fraction of sp³-hybridized carbons (Fsp3) is 0.353. The summed E-state index contributed by atoms with van der Waals surface area (Å²) in [6, 6.07) is 8.02. The first-order valence-electron chi connectivity index (χ1n) is 8.23. The molecule has 9 heteroatoms. The largest absolute Gasteiger partial charge is 0.343 e. The quantitative estimate of drug-likeness (QED) is 0.704. The van der Waals surface area contributed by atoms with Gasteiger partial charge in [0, 0.05) is 48.4 Å². The molecule has 0 saturated carbocycles. The Bertz CT molecular complexity index is 921. The van der Waals surface area contributed by atoms with E-state index in [1.165, 1.54) is 16.4 Å². The van der Waals surface area contributed by atoms with Crippen LogP contribution in [0.3, 0.4) is 0 Å². The van der Waals surface area contributed by atoms with E-state index in [4.69, 9.17) is 11.6 Å². The number of piperazine rings is 1. The van der Waals surface area contributed by atoms with Crippen molar-refractivity contribution in [3.63, 3.8) is 0 Å². The van der Waals surface area contributed by atoms with Gasteiger partial charge in [-0.15, -0.1) is 0 Å². The van der Waals surface area contributed by atoms with Crippen molar-refractivity contribution in [1.29, 1.82) is 0 Å². The molecule has 1 fully saturated rings. The van der Waals surface area contributed by atoms with E-state index in [1.54, 1.807) is 23.1 Å². The molecule has 0 atom stereocenters. The molecule has 0 aliphatic carbocycles. The zero-order valence-electron chi connectivity index (χ0n) is 14.2. The van der Waals surface area contributed by atoms with Gasteiger partial charge in [-0.25, -0.2) is 8.42 Å². The Hall–Kier alpha value is -1.35. The lowest BCUT2D eigenvalue weighted by Gasteiger charge is -2.34. The summed E-state index contributed by atoms with van der Waals surface area (Å²) in [6.45, 7) is 3.88. The Morgan fingerprint density at radius 3 is 2.50 bits per heavy atom. The number of hydrogen-bond acceptors (Lipinski definition) is 3. The summed E-state index contributed by atoms with van der Waals surface area (Å²) in [5.41, 5.74) is 0.602. The van der Waals surface area contributed by atoms with Crippen molar-refractivity contribution < 1.29 is 13.2 Å². The maximum absolute atomic E-state index is 12.8. The summed E-state index contributed by atoms with van der Waals surface area (Å²) in [4.78, 5) is 14.6. The summed E-state index contributed by atoms with van der Waals surface area (Å²) in [5, 5.41) is 0.380. The number of amides is 1. The Kier molecular flexibility index (Phi) is 5.76. The topological polar surface area (TPSA) is 62.6 Å². The summed E-state index contributed by atoms with van der Waals surface area (Å²) in [5.74, 6) is -0.0858. The standard InChI is InChI=1S/C17H19BrClN3O3S/c1-2-20-12-13(18)10-16(20)17(23)21-6-8-22(9-7-21)26(24,25)15-5-3-4-14(19)11-15/h3-5,10-12H,2,6-9H2,1H3. The van der Waals surface area contributed by atoms with Gasteiger partial charge in [-0.3, -0.25) is 4.79 Å². The van der Waals surface area contributed by atoms with Crippen molar-refractivity contribution in [2.24, 2.45) is 0 Å². The molecule has 1 aromatic heterocycles. The van der Waals surface area contributed by atoms with E-state index in [0.717, 1.165) is 4.47 Å². The minimum Gasteiger partial charge on any atom is -0.343 e. The van der Waals surface area contributed by atoms with Crippen molar-refractivity contribution in [3.8, 4) is 0 Å². The van der Waals surface area contributed by atoms with Crippen molar-refractivity contribution in [3.05, 3.63) is 51.7 Å². The van der Waals surface area contributed by atoms with Crippen LogP contribution >= 0.6 is 27.5 Å². The zero-order chi connectivity index (χ0) is 18.9. The van der Waals surface area contributed by atoms with Crippen LogP contribution in [0.2, 0.25) is 5.02 Å². The zero-order valence-corrected chi connectivity index (χ0v) is 17.4. The first kappa shape index (κ1) is 19.4. The minimum atomic E-state index is -3.61. The summed E-state index contributed by atoms with van der Waals surface area (Å²) < 4.78 is 29.6. The number of sulfonamides is 1. The van der Waals surface area contributed by atoms with Gasteiger partial charge in [-0.2, -0.15) is 4.31 Å². The van der Waals surface area contributed by atoms with Crippen molar-refractivity contribution in [2.45, 2.75) is 18.4 Å². The predicted molar refractivity (Wildman–Crippen MR) is 104 cm³/mol. The highest BCUT2D eigenvalue weighted by atomic mass is 79.9. The van der Waals surface area contributed by atoms with Gasteiger partial charge >= 0.3 is 0 Å². The molecule has 6 nitrogen and oxygen atoms in total. The monoisotopic (exact) mass is 459 g/mol. The highest BCUT2D eigenvalue weighted by Gasteiger charge is 2.31. The lowest BCUT2D eigenvalue weighted by atomic mass is 10.3. The molecule has 0 unspecified atom stereocenters. The number of aryl methyl sites for hydroxylation is 1. The minimum absolute atomic E-state index is 0.0858. The SMILES string of the molecule is CCn1cc(Br)cc1C(=O)N1CCN(S(=O)(=O)c2cccc(Cl)c2)CC1. The van der Waals surface area contributed by atoms with Crippen molar-refractivity contribution in [1.82, 2.24) is 13.8 Å². The summed E-state index contributed by atoms with van der Waals surface area (Å²) >= 11 is 9.30. The van der Waals surface area contributed by atoms with E-state index in [2.05, 4.69) is 15.9 Å². The van der Waals surface area contributed by atoms with Gasteiger partial charge in [-0.05, 0) is 47.1 Å². The van der Waals surface area contributed by atoms with Gasteiger partial charge in [0.15, 0.2) is 0 Å². The van der Waals surface area contributed by atoms with E-state index in [-0.39, 0.29) is 23.9 Å². The van der Waals surface area contributed by atoms with E-state index < -0.39 is 10.0 Å². The predicted octanol–water partition coefficient (Wildman–Crippen LogP) is 3.07. The number of rotatable bonds is 4. The first-order chi connectivity index (χ1) is 12.3. The molecule has 0 bridgehead atoms. The fourth-order valence-electron chi connectivity index (χ4n) is 2.99.